The van der Waals surface area contributed by atoms with Crippen LogP contribution in [0, 0.1) is 0 Å². The number of unbranched alkanes of at least 4 members (excludes halogenated alkanes) is 6. The van der Waals surface area contributed by atoms with Crippen molar-refractivity contribution in [1.29, 1.82) is 0 Å². The zero-order chi connectivity index (χ0) is 17.9. The number of hydrogen-bond acceptors (Lipinski definition) is 1. The first-order valence-electron chi connectivity index (χ1n) is 8.98. The number of carbonyl (C=O) groups is 1. The van der Waals surface area contributed by atoms with E-state index in [0.29, 0.717) is 5.57 Å². The highest BCUT2D eigenvalue weighted by Gasteiger charge is 1.91. The first kappa shape index (κ1) is 21.9. The molecule has 2 N–H and O–H groups in total. The number of primary amides is 1. The SMILES string of the molecule is CCCCCCCC/C=C/C=C/C=C/C=C/C=C/C=C(\C)C(N)=O. The number of hydrogen-bond donors (Lipinski definition) is 1. The van der Waals surface area contributed by atoms with Crippen LogP contribution < -0.4 is 5.73 Å². The molecule has 2 nitrogen and oxygen atoms in total. The van der Waals surface area contributed by atoms with E-state index in [4.69, 9.17) is 5.73 Å². The van der Waals surface area contributed by atoms with Gasteiger partial charge in [0.05, 0.1) is 0 Å². The Morgan fingerprint density at radius 2 is 1.25 bits per heavy atom. The Morgan fingerprint density at radius 1 is 0.750 bits per heavy atom. The summed E-state index contributed by atoms with van der Waals surface area (Å²) in [6.45, 7) is 3.95. The van der Waals surface area contributed by atoms with Crippen molar-refractivity contribution in [2.45, 2.75) is 58.8 Å². The molecular weight excluding hydrogens is 294 g/mol. The van der Waals surface area contributed by atoms with Gasteiger partial charge < -0.3 is 5.73 Å². The van der Waals surface area contributed by atoms with Gasteiger partial charge >= 0.3 is 0 Å². The summed E-state index contributed by atoms with van der Waals surface area (Å²) in [5.41, 5.74) is 5.67. The normalized spacial score (nSPS) is 13.5. The smallest absolute Gasteiger partial charge is 0.244 e. The van der Waals surface area contributed by atoms with Crippen molar-refractivity contribution in [3.05, 3.63) is 72.4 Å². The Labute approximate surface area is 148 Å². The first-order chi connectivity index (χ1) is 11.7. The molecule has 0 bridgehead atoms. The molecule has 0 radical (unpaired) electrons. The van der Waals surface area contributed by atoms with Crippen molar-refractivity contribution in [1.82, 2.24) is 0 Å². The molecule has 132 valence electrons. The van der Waals surface area contributed by atoms with Crippen molar-refractivity contribution in [3.8, 4) is 0 Å². The molecule has 0 atom stereocenters. The Balaban J connectivity index is 3.72. The van der Waals surface area contributed by atoms with E-state index in [-0.39, 0.29) is 0 Å². The van der Waals surface area contributed by atoms with E-state index in [9.17, 15) is 4.79 Å². The summed E-state index contributed by atoms with van der Waals surface area (Å²) in [6, 6.07) is 0. The number of carbonyl (C=O) groups excluding carboxylic acids is 1. The molecule has 0 aromatic carbocycles. The number of rotatable bonds is 13. The maximum atomic E-state index is 10.8. The average molecular weight is 328 g/mol. The number of nitrogens with two attached hydrogens (primary N) is 1. The van der Waals surface area contributed by atoms with E-state index in [1.54, 1.807) is 19.1 Å². The molecule has 0 fully saturated rings. The van der Waals surface area contributed by atoms with E-state index < -0.39 is 5.91 Å². The van der Waals surface area contributed by atoms with Crippen molar-refractivity contribution < 1.29 is 4.79 Å². The highest BCUT2D eigenvalue weighted by molar-refractivity contribution is 5.91. The van der Waals surface area contributed by atoms with Gasteiger partial charge in [0, 0.05) is 5.57 Å². The highest BCUT2D eigenvalue weighted by atomic mass is 16.1. The predicted octanol–water partition coefficient (Wildman–Crippen LogP) is 5.95. The molecule has 0 aromatic heterocycles. The molecule has 0 heterocycles. The zero-order valence-electron chi connectivity index (χ0n) is 15.3. The van der Waals surface area contributed by atoms with E-state index in [1.807, 2.05) is 36.5 Å². The van der Waals surface area contributed by atoms with Gasteiger partial charge in [-0.1, -0.05) is 106 Å². The molecule has 0 unspecified atom stereocenters. The maximum Gasteiger partial charge on any atom is 0.244 e. The average Bonchev–Trinajstić information content (AvgIpc) is 2.57. The summed E-state index contributed by atoms with van der Waals surface area (Å²) < 4.78 is 0. The lowest BCUT2D eigenvalue weighted by atomic mass is 10.1. The third kappa shape index (κ3) is 16.3. The zero-order valence-corrected chi connectivity index (χ0v) is 15.3. The van der Waals surface area contributed by atoms with Gasteiger partial charge in [0.2, 0.25) is 5.91 Å². The standard InChI is InChI=1S/C22H33NO/c1-3-4-5-6-7-8-9-10-11-12-13-14-15-16-17-18-19-20-21(2)22(23)24/h10-20H,3-9H2,1-2H3,(H2,23,24)/b11-10+,13-12+,15-14+,17-16+,19-18+,21-20+. The van der Waals surface area contributed by atoms with Crippen LogP contribution in [0.25, 0.3) is 0 Å². The van der Waals surface area contributed by atoms with Crippen LogP contribution in [0.1, 0.15) is 58.8 Å². The quantitative estimate of drug-likeness (QED) is 0.253. The molecule has 1 amide bonds. The lowest BCUT2D eigenvalue weighted by molar-refractivity contribution is -0.114. The van der Waals surface area contributed by atoms with Crippen molar-refractivity contribution in [2.75, 3.05) is 0 Å². The van der Waals surface area contributed by atoms with Gasteiger partial charge in [-0.05, 0) is 19.8 Å². The first-order valence-corrected chi connectivity index (χ1v) is 8.98. The minimum atomic E-state index is -0.391. The third-order valence-electron chi connectivity index (χ3n) is 3.48. The molecule has 24 heavy (non-hydrogen) atoms. The molecule has 0 spiro atoms. The molecule has 0 aromatic rings. The second-order valence-electron chi connectivity index (χ2n) is 5.74. The Hall–Kier alpha value is -2.09. The second kappa shape index (κ2) is 17.3. The van der Waals surface area contributed by atoms with E-state index in [2.05, 4.69) is 25.2 Å². The van der Waals surface area contributed by atoms with Crippen molar-refractivity contribution >= 4 is 5.91 Å². The van der Waals surface area contributed by atoms with E-state index in [1.165, 1.54) is 44.9 Å². The van der Waals surface area contributed by atoms with Crippen LogP contribution in [0.5, 0.6) is 0 Å². The summed E-state index contributed by atoms with van der Waals surface area (Å²) in [5, 5.41) is 0. The Kier molecular flexibility index (Phi) is 15.8. The summed E-state index contributed by atoms with van der Waals surface area (Å²) in [7, 11) is 0. The topological polar surface area (TPSA) is 43.1 Å². The monoisotopic (exact) mass is 327 g/mol. The van der Waals surface area contributed by atoms with Crippen LogP contribution >= 0.6 is 0 Å². The van der Waals surface area contributed by atoms with E-state index >= 15 is 0 Å². The minimum Gasteiger partial charge on any atom is -0.366 e. The lowest BCUT2D eigenvalue weighted by Crippen LogP contribution is -2.11. The molecule has 0 aliphatic carbocycles. The molecular formula is C22H33NO. The van der Waals surface area contributed by atoms with E-state index in [0.717, 1.165) is 0 Å². The summed E-state index contributed by atoms with van der Waals surface area (Å²) >= 11 is 0. The van der Waals surface area contributed by atoms with Crippen LogP contribution in [-0.4, -0.2) is 5.91 Å². The third-order valence-corrected chi connectivity index (χ3v) is 3.48. The maximum absolute atomic E-state index is 10.8. The van der Waals surface area contributed by atoms with Crippen molar-refractivity contribution in [3.63, 3.8) is 0 Å². The van der Waals surface area contributed by atoms with Gasteiger partial charge in [-0.25, -0.2) is 0 Å². The summed E-state index contributed by atoms with van der Waals surface area (Å²) in [5.74, 6) is -0.391. The van der Waals surface area contributed by atoms with Crippen LogP contribution in [0.3, 0.4) is 0 Å². The van der Waals surface area contributed by atoms with Gasteiger partial charge in [-0.3, -0.25) is 4.79 Å². The van der Waals surface area contributed by atoms with Crippen molar-refractivity contribution in [2.24, 2.45) is 5.73 Å². The summed E-state index contributed by atoms with van der Waals surface area (Å²) in [4.78, 5) is 10.8. The van der Waals surface area contributed by atoms with Gasteiger partial charge in [-0.2, -0.15) is 0 Å². The highest BCUT2D eigenvalue weighted by Crippen LogP contribution is 2.07. The summed E-state index contributed by atoms with van der Waals surface area (Å²) in [6.07, 6.45) is 30.8. The Morgan fingerprint density at radius 3 is 1.83 bits per heavy atom. The fourth-order valence-corrected chi connectivity index (χ4v) is 1.95. The molecule has 0 aliphatic heterocycles. The van der Waals surface area contributed by atoms with Crippen LogP contribution in [0.2, 0.25) is 0 Å². The molecule has 0 rings (SSSR count). The van der Waals surface area contributed by atoms with Crippen LogP contribution in [0.4, 0.5) is 0 Å². The Bertz CT molecular complexity index is 490. The molecule has 0 saturated carbocycles. The van der Waals surface area contributed by atoms with Gasteiger partial charge in [0.15, 0.2) is 0 Å². The second-order valence-corrected chi connectivity index (χ2v) is 5.74. The fourth-order valence-electron chi connectivity index (χ4n) is 1.95. The van der Waals surface area contributed by atoms with Gasteiger partial charge in [-0.15, -0.1) is 0 Å². The number of amides is 1. The van der Waals surface area contributed by atoms with Crippen LogP contribution in [0.15, 0.2) is 72.4 Å². The van der Waals surface area contributed by atoms with Gasteiger partial charge in [0.1, 0.15) is 0 Å². The predicted molar refractivity (Wildman–Crippen MR) is 107 cm³/mol. The molecule has 0 saturated heterocycles. The van der Waals surface area contributed by atoms with Gasteiger partial charge in [0.25, 0.3) is 0 Å². The fraction of sp³-hybridized carbons (Fsp3) is 0.409. The largest absolute Gasteiger partial charge is 0.366 e. The molecule has 2 heteroatoms. The molecule has 0 aliphatic rings. The van der Waals surface area contributed by atoms with Crippen LogP contribution in [-0.2, 0) is 4.79 Å². The number of allylic oxidation sites excluding steroid dienone is 11. The lowest BCUT2D eigenvalue weighted by Gasteiger charge is -1.97. The minimum absolute atomic E-state index is 0.391.